The van der Waals surface area contributed by atoms with Gasteiger partial charge >= 0.3 is 0 Å². The predicted octanol–water partition coefficient (Wildman–Crippen LogP) is 1.38. The molecule has 2 atom stereocenters. The molecule has 1 amide bonds. The van der Waals surface area contributed by atoms with Gasteiger partial charge in [0.2, 0.25) is 5.91 Å². The van der Waals surface area contributed by atoms with Crippen molar-refractivity contribution in [3.63, 3.8) is 0 Å². The first-order chi connectivity index (χ1) is 11.4. The van der Waals surface area contributed by atoms with E-state index in [0.29, 0.717) is 13.1 Å². The third kappa shape index (κ3) is 4.27. The second-order valence-corrected chi connectivity index (χ2v) is 9.11. The summed E-state index contributed by atoms with van der Waals surface area (Å²) in [6.45, 7) is 0.994. The van der Waals surface area contributed by atoms with Gasteiger partial charge in [-0.3, -0.25) is 4.79 Å². The van der Waals surface area contributed by atoms with Gasteiger partial charge in [0.1, 0.15) is 0 Å². The van der Waals surface area contributed by atoms with Crippen molar-refractivity contribution in [3.8, 4) is 0 Å². The van der Waals surface area contributed by atoms with Gasteiger partial charge in [0.25, 0.3) is 0 Å². The van der Waals surface area contributed by atoms with Crippen LogP contribution in [-0.4, -0.2) is 45.0 Å². The number of carbonyl (C=O) groups excluding carboxylic acids is 1. The van der Waals surface area contributed by atoms with Crippen LogP contribution in [0.15, 0.2) is 24.3 Å². The number of nitrogens with zero attached hydrogens (tertiary/aromatic N) is 1. The molecule has 3 rings (SSSR count). The Hall–Kier alpha value is -1.60. The number of rotatable bonds is 3. The molecule has 1 saturated carbocycles. The van der Waals surface area contributed by atoms with E-state index in [1.807, 2.05) is 29.2 Å². The number of anilines is 2. The first kappa shape index (κ1) is 17.2. The zero-order valence-electron chi connectivity index (χ0n) is 13.8. The van der Waals surface area contributed by atoms with E-state index in [-0.39, 0.29) is 29.4 Å². The maximum absolute atomic E-state index is 12.4. The average molecular weight is 351 g/mol. The van der Waals surface area contributed by atoms with Crippen molar-refractivity contribution in [1.82, 2.24) is 0 Å². The van der Waals surface area contributed by atoms with E-state index in [1.165, 1.54) is 0 Å². The largest absolute Gasteiger partial charge is 0.369 e. The molecule has 0 bridgehead atoms. The number of carbonyl (C=O) groups is 1. The molecular weight excluding hydrogens is 326 g/mol. The second-order valence-electron chi connectivity index (χ2n) is 6.80. The van der Waals surface area contributed by atoms with Crippen LogP contribution in [0.4, 0.5) is 11.4 Å². The summed E-state index contributed by atoms with van der Waals surface area (Å²) in [5, 5.41) is 2.99. The van der Waals surface area contributed by atoms with Crippen molar-refractivity contribution in [2.45, 2.75) is 31.7 Å². The lowest BCUT2D eigenvalue weighted by Crippen LogP contribution is -2.40. The molecule has 1 aromatic rings. The standard InChI is InChI=1S/C17H25N3O3S/c18-14-4-1-3-13(11-14)17(21)19-15-5-2-6-16(12-15)20-7-9-24(22,23)10-8-20/h2,5-6,12-14H,1,3-4,7-11,18H2,(H,19,21). The SMILES string of the molecule is NC1CCCC(C(=O)Nc2cccc(N3CCS(=O)(=O)CC3)c2)C1. The van der Waals surface area contributed by atoms with Crippen LogP contribution >= 0.6 is 0 Å². The Bertz CT molecular complexity index is 691. The van der Waals surface area contributed by atoms with E-state index in [0.717, 1.165) is 37.1 Å². The van der Waals surface area contributed by atoms with Crippen molar-refractivity contribution < 1.29 is 13.2 Å². The monoisotopic (exact) mass is 351 g/mol. The van der Waals surface area contributed by atoms with Crippen LogP contribution in [0.2, 0.25) is 0 Å². The molecular formula is C17H25N3O3S. The molecule has 6 nitrogen and oxygen atoms in total. The molecule has 132 valence electrons. The summed E-state index contributed by atoms with van der Waals surface area (Å²) in [4.78, 5) is 14.5. The van der Waals surface area contributed by atoms with Gasteiger partial charge in [-0.25, -0.2) is 8.42 Å². The molecule has 2 unspecified atom stereocenters. The van der Waals surface area contributed by atoms with E-state index in [1.54, 1.807) is 0 Å². The molecule has 2 fully saturated rings. The number of hydrogen-bond acceptors (Lipinski definition) is 5. The molecule has 1 aliphatic heterocycles. The lowest BCUT2D eigenvalue weighted by atomic mass is 9.85. The molecule has 7 heteroatoms. The van der Waals surface area contributed by atoms with Crippen LogP contribution in [0, 0.1) is 5.92 Å². The van der Waals surface area contributed by atoms with Crippen LogP contribution in [-0.2, 0) is 14.6 Å². The first-order valence-corrected chi connectivity index (χ1v) is 10.4. The van der Waals surface area contributed by atoms with Crippen LogP contribution in [0.25, 0.3) is 0 Å². The van der Waals surface area contributed by atoms with E-state index in [2.05, 4.69) is 5.32 Å². The van der Waals surface area contributed by atoms with Crippen molar-refractivity contribution in [2.24, 2.45) is 11.7 Å². The minimum atomic E-state index is -2.90. The third-order valence-corrected chi connectivity index (χ3v) is 6.52. The Morgan fingerprint density at radius 3 is 2.67 bits per heavy atom. The quantitative estimate of drug-likeness (QED) is 0.858. The lowest BCUT2D eigenvalue weighted by Gasteiger charge is -2.29. The fraction of sp³-hybridized carbons (Fsp3) is 0.588. The van der Waals surface area contributed by atoms with Crippen LogP contribution < -0.4 is 16.0 Å². The highest BCUT2D eigenvalue weighted by Gasteiger charge is 2.26. The van der Waals surface area contributed by atoms with Gasteiger partial charge < -0.3 is 16.0 Å². The normalized spacial score (nSPS) is 26.8. The number of hydrogen-bond donors (Lipinski definition) is 2. The van der Waals surface area contributed by atoms with Crippen molar-refractivity contribution in [2.75, 3.05) is 34.8 Å². The molecule has 0 aromatic heterocycles. The van der Waals surface area contributed by atoms with Gasteiger partial charge in [0, 0.05) is 36.4 Å². The molecule has 1 saturated heterocycles. The number of nitrogens with two attached hydrogens (primary N) is 1. The Morgan fingerprint density at radius 1 is 1.21 bits per heavy atom. The second kappa shape index (κ2) is 7.11. The molecule has 2 aliphatic rings. The van der Waals surface area contributed by atoms with Crippen molar-refractivity contribution >= 4 is 27.1 Å². The number of benzene rings is 1. The van der Waals surface area contributed by atoms with Crippen LogP contribution in [0.5, 0.6) is 0 Å². The first-order valence-electron chi connectivity index (χ1n) is 8.55. The van der Waals surface area contributed by atoms with Gasteiger partial charge in [-0.05, 0) is 37.5 Å². The van der Waals surface area contributed by atoms with Crippen LogP contribution in [0.1, 0.15) is 25.7 Å². The molecule has 1 aromatic carbocycles. The smallest absolute Gasteiger partial charge is 0.227 e. The number of amides is 1. The summed E-state index contributed by atoms with van der Waals surface area (Å²) in [5.41, 5.74) is 7.67. The fourth-order valence-electron chi connectivity index (χ4n) is 3.46. The van der Waals surface area contributed by atoms with Crippen molar-refractivity contribution in [3.05, 3.63) is 24.3 Å². The van der Waals surface area contributed by atoms with Gasteiger partial charge in [-0.1, -0.05) is 12.5 Å². The predicted molar refractivity (Wildman–Crippen MR) is 95.9 cm³/mol. The molecule has 0 spiro atoms. The van der Waals surface area contributed by atoms with Gasteiger partial charge in [0.15, 0.2) is 9.84 Å². The molecule has 1 heterocycles. The van der Waals surface area contributed by atoms with Gasteiger partial charge in [-0.2, -0.15) is 0 Å². The summed E-state index contributed by atoms with van der Waals surface area (Å²) < 4.78 is 23.1. The Kier molecular flexibility index (Phi) is 5.10. The van der Waals surface area contributed by atoms with Crippen molar-refractivity contribution in [1.29, 1.82) is 0 Å². The highest BCUT2D eigenvalue weighted by Crippen LogP contribution is 2.26. The third-order valence-electron chi connectivity index (χ3n) is 4.91. The summed E-state index contributed by atoms with van der Waals surface area (Å²) in [7, 11) is -2.90. The molecule has 1 aliphatic carbocycles. The topological polar surface area (TPSA) is 92.5 Å². The van der Waals surface area contributed by atoms with Gasteiger partial charge in [-0.15, -0.1) is 0 Å². The summed E-state index contributed by atoms with van der Waals surface area (Å²) in [5.74, 6) is 0.383. The summed E-state index contributed by atoms with van der Waals surface area (Å²) >= 11 is 0. The highest BCUT2D eigenvalue weighted by atomic mass is 32.2. The molecule has 24 heavy (non-hydrogen) atoms. The number of sulfone groups is 1. The fourth-order valence-corrected chi connectivity index (χ4v) is 4.66. The number of nitrogens with one attached hydrogen (secondary N) is 1. The Balaban J connectivity index is 1.64. The summed E-state index contributed by atoms with van der Waals surface area (Å²) in [6.07, 6.45) is 3.64. The molecule has 3 N–H and O–H groups in total. The minimum Gasteiger partial charge on any atom is -0.369 e. The zero-order chi connectivity index (χ0) is 17.2. The zero-order valence-corrected chi connectivity index (χ0v) is 14.6. The molecule has 0 radical (unpaired) electrons. The van der Waals surface area contributed by atoms with E-state index >= 15 is 0 Å². The lowest BCUT2D eigenvalue weighted by molar-refractivity contribution is -0.120. The Labute approximate surface area is 143 Å². The minimum absolute atomic E-state index is 0.0162. The average Bonchev–Trinajstić information content (AvgIpc) is 2.55. The maximum Gasteiger partial charge on any atom is 0.227 e. The van der Waals surface area contributed by atoms with E-state index in [4.69, 9.17) is 5.73 Å². The Morgan fingerprint density at radius 2 is 1.96 bits per heavy atom. The van der Waals surface area contributed by atoms with E-state index < -0.39 is 9.84 Å². The van der Waals surface area contributed by atoms with Crippen LogP contribution in [0.3, 0.4) is 0 Å². The maximum atomic E-state index is 12.4. The summed E-state index contributed by atoms with van der Waals surface area (Å²) in [6, 6.07) is 7.74. The van der Waals surface area contributed by atoms with Gasteiger partial charge in [0.05, 0.1) is 11.5 Å². The van der Waals surface area contributed by atoms with E-state index in [9.17, 15) is 13.2 Å². The highest BCUT2D eigenvalue weighted by molar-refractivity contribution is 7.91.